The second-order valence-electron chi connectivity index (χ2n) is 12.1. The van der Waals surface area contributed by atoms with E-state index >= 15 is 0 Å². The van der Waals surface area contributed by atoms with Gasteiger partial charge in [-0.05, 0) is 66.2 Å². The Hall–Kier alpha value is -3.20. The highest BCUT2D eigenvalue weighted by Gasteiger charge is 2.50. The molecule has 3 aromatic rings. The molecule has 0 aliphatic rings. The first-order valence-electron chi connectivity index (χ1n) is 15.2. The third-order valence-corrected chi connectivity index (χ3v) is 12.7. The number of ether oxygens (including phenoxy) is 4. The van der Waals surface area contributed by atoms with Gasteiger partial charge in [-0.15, -0.1) is 0 Å². The van der Waals surface area contributed by atoms with Gasteiger partial charge in [0.05, 0.1) is 13.2 Å². The van der Waals surface area contributed by atoms with Gasteiger partial charge >= 0.3 is 0 Å². The first kappa shape index (κ1) is 35.3. The van der Waals surface area contributed by atoms with Crippen LogP contribution in [0.5, 0.6) is 11.5 Å². The van der Waals surface area contributed by atoms with Gasteiger partial charge in [-0.2, -0.15) is 0 Å². The van der Waals surface area contributed by atoms with Crippen LogP contribution in [-0.4, -0.2) is 47.8 Å². The van der Waals surface area contributed by atoms with Crippen molar-refractivity contribution < 1.29 is 28.5 Å². The molecule has 0 radical (unpaired) electrons. The van der Waals surface area contributed by atoms with Crippen molar-refractivity contribution in [1.29, 1.82) is 0 Å². The third kappa shape index (κ3) is 9.40. The molecule has 0 fully saturated rings. The van der Waals surface area contributed by atoms with Crippen molar-refractivity contribution in [3.05, 3.63) is 107 Å². The lowest BCUT2D eigenvalue weighted by Crippen LogP contribution is -2.66. The summed E-state index contributed by atoms with van der Waals surface area (Å²) < 4.78 is 29.0. The Morgan fingerprint density at radius 2 is 1.30 bits per heavy atom. The summed E-state index contributed by atoms with van der Waals surface area (Å²) in [6, 6.07) is 25.2. The van der Waals surface area contributed by atoms with Crippen molar-refractivity contribution in [2.24, 2.45) is 0 Å². The maximum absolute atomic E-state index is 9.73. The Bertz CT molecular complexity index is 1280. The quantitative estimate of drug-likeness (QED) is 0.101. The average molecular weight is 619 g/mol. The van der Waals surface area contributed by atoms with Crippen LogP contribution in [0.4, 0.5) is 0 Å². The second-order valence-corrected chi connectivity index (χ2v) is 16.4. The molecule has 3 rings (SSSR count). The summed E-state index contributed by atoms with van der Waals surface area (Å²) in [6.45, 7) is 11.9. The molecule has 0 amide bonds. The predicted octanol–water partition coefficient (Wildman–Crippen LogP) is 6.94. The summed E-state index contributed by atoms with van der Waals surface area (Å²) in [5, 5.41) is 12.3. The molecular weight excluding hydrogens is 568 g/mol. The molecule has 0 unspecified atom stereocenters. The van der Waals surface area contributed by atoms with Gasteiger partial charge in [0.25, 0.3) is 8.32 Å². The SMILES string of the molecule is COCOc1cc(CO)cc(OCOC)c1CC=C(C)CCC=C(C)CO[Si](c1ccccc1)(c1ccccc1)C(C)(C)C. The van der Waals surface area contributed by atoms with Gasteiger partial charge in [0, 0.05) is 19.8 Å². The standard InChI is InChI=1S/C37H50O6Si/c1-29(21-22-34-35(41-27-39-6)23-31(25-38)24-36(34)42-28-40-7)15-14-16-30(2)26-43-44(37(3,4)5,32-17-10-8-11-18-32)33-19-12-9-13-20-33/h8-13,16-21,23-24,38H,14-15,22,25-28H2,1-7H3. The number of hydrogen-bond acceptors (Lipinski definition) is 6. The summed E-state index contributed by atoms with van der Waals surface area (Å²) >= 11 is 0. The molecular formula is C37H50O6Si. The zero-order chi connectivity index (χ0) is 32.0. The van der Waals surface area contributed by atoms with Crippen LogP contribution < -0.4 is 19.8 Å². The van der Waals surface area contributed by atoms with Crippen molar-refractivity contribution in [1.82, 2.24) is 0 Å². The van der Waals surface area contributed by atoms with Crippen LogP contribution >= 0.6 is 0 Å². The number of allylic oxidation sites excluding steroid dienone is 3. The highest BCUT2D eigenvalue weighted by Crippen LogP contribution is 2.37. The fraction of sp³-hybridized carbons (Fsp3) is 0.405. The van der Waals surface area contributed by atoms with E-state index in [9.17, 15) is 5.11 Å². The Kier molecular flexibility index (Phi) is 13.9. The summed E-state index contributed by atoms with van der Waals surface area (Å²) in [7, 11) is 0.591. The minimum Gasteiger partial charge on any atom is -0.467 e. The van der Waals surface area contributed by atoms with Gasteiger partial charge in [-0.3, -0.25) is 0 Å². The normalized spacial score (nSPS) is 12.8. The highest BCUT2D eigenvalue weighted by molar-refractivity contribution is 6.99. The van der Waals surface area contributed by atoms with Crippen molar-refractivity contribution in [2.45, 2.75) is 65.5 Å². The van der Waals surface area contributed by atoms with E-state index in [2.05, 4.69) is 107 Å². The Labute approximate surface area is 265 Å². The van der Waals surface area contributed by atoms with Gasteiger partial charge in [0.15, 0.2) is 13.6 Å². The Morgan fingerprint density at radius 3 is 1.75 bits per heavy atom. The number of aliphatic hydroxyl groups is 1. The van der Waals surface area contributed by atoms with E-state index in [1.807, 2.05) is 12.1 Å². The summed E-state index contributed by atoms with van der Waals surface area (Å²) in [6.07, 6.45) is 6.96. The largest absolute Gasteiger partial charge is 0.467 e. The molecule has 44 heavy (non-hydrogen) atoms. The van der Waals surface area contributed by atoms with Crippen molar-refractivity contribution in [3.8, 4) is 11.5 Å². The number of aliphatic hydroxyl groups excluding tert-OH is 1. The molecule has 3 aromatic carbocycles. The van der Waals surface area contributed by atoms with Crippen LogP contribution in [0.15, 0.2) is 96.1 Å². The molecule has 1 N–H and O–H groups in total. The average Bonchev–Trinajstić information content (AvgIpc) is 3.02. The van der Waals surface area contributed by atoms with Crippen molar-refractivity contribution in [3.63, 3.8) is 0 Å². The number of rotatable bonds is 17. The zero-order valence-corrected chi connectivity index (χ0v) is 28.5. The Morgan fingerprint density at radius 1 is 0.773 bits per heavy atom. The highest BCUT2D eigenvalue weighted by atomic mass is 28.4. The topological polar surface area (TPSA) is 66.4 Å². The molecule has 0 spiro atoms. The number of benzene rings is 3. The van der Waals surface area contributed by atoms with Gasteiger partial charge in [-0.25, -0.2) is 0 Å². The van der Waals surface area contributed by atoms with Crippen molar-refractivity contribution in [2.75, 3.05) is 34.4 Å². The molecule has 238 valence electrons. The summed E-state index contributed by atoms with van der Waals surface area (Å²) in [4.78, 5) is 0. The van der Waals surface area contributed by atoms with E-state index in [1.54, 1.807) is 14.2 Å². The summed E-state index contributed by atoms with van der Waals surface area (Å²) in [5.41, 5.74) is 4.09. The second kappa shape index (κ2) is 17.3. The van der Waals surface area contributed by atoms with E-state index in [0.29, 0.717) is 30.1 Å². The smallest absolute Gasteiger partial charge is 0.261 e. The fourth-order valence-electron chi connectivity index (χ4n) is 5.44. The van der Waals surface area contributed by atoms with Crippen LogP contribution in [0, 0.1) is 0 Å². The van der Waals surface area contributed by atoms with Gasteiger partial charge in [0.2, 0.25) is 0 Å². The lowest BCUT2D eigenvalue weighted by molar-refractivity contribution is 0.0446. The monoisotopic (exact) mass is 618 g/mol. The number of methoxy groups -OCH3 is 2. The fourth-order valence-corrected chi connectivity index (χ4v) is 10.0. The van der Waals surface area contributed by atoms with Crippen LogP contribution in [0.2, 0.25) is 5.04 Å². The summed E-state index contributed by atoms with van der Waals surface area (Å²) in [5.74, 6) is 1.26. The maximum atomic E-state index is 9.73. The van der Waals surface area contributed by atoms with Gasteiger partial charge < -0.3 is 28.5 Å². The van der Waals surface area contributed by atoms with E-state index < -0.39 is 8.32 Å². The van der Waals surface area contributed by atoms with E-state index in [1.165, 1.54) is 21.5 Å². The molecule has 0 bridgehead atoms. The Balaban J connectivity index is 1.74. The van der Waals surface area contributed by atoms with Crippen LogP contribution in [0.3, 0.4) is 0 Å². The molecule has 0 aromatic heterocycles. The molecule has 0 aliphatic heterocycles. The van der Waals surface area contributed by atoms with E-state index in [4.69, 9.17) is 23.4 Å². The molecule has 6 nitrogen and oxygen atoms in total. The third-order valence-electron chi connectivity index (χ3n) is 7.69. The van der Waals surface area contributed by atoms with Gasteiger partial charge in [-0.1, -0.05) is 105 Å². The zero-order valence-electron chi connectivity index (χ0n) is 27.5. The molecule has 0 aliphatic carbocycles. The van der Waals surface area contributed by atoms with Crippen LogP contribution in [-0.2, 0) is 26.9 Å². The van der Waals surface area contributed by atoms with Gasteiger partial charge in [0.1, 0.15) is 11.5 Å². The lowest BCUT2D eigenvalue weighted by atomic mass is 10.0. The van der Waals surface area contributed by atoms with E-state index in [0.717, 1.165) is 18.4 Å². The van der Waals surface area contributed by atoms with Crippen LogP contribution in [0.1, 0.15) is 58.6 Å². The maximum Gasteiger partial charge on any atom is 0.261 e. The van der Waals surface area contributed by atoms with Crippen LogP contribution in [0.25, 0.3) is 0 Å². The number of hydrogen-bond donors (Lipinski definition) is 1. The first-order chi connectivity index (χ1) is 21.2. The molecule has 0 heterocycles. The molecule has 7 heteroatoms. The molecule has 0 saturated heterocycles. The lowest BCUT2D eigenvalue weighted by Gasteiger charge is -2.43. The first-order valence-corrected chi connectivity index (χ1v) is 17.1. The molecule has 0 atom stereocenters. The van der Waals surface area contributed by atoms with Crippen molar-refractivity contribution >= 4 is 18.7 Å². The predicted molar refractivity (Wildman–Crippen MR) is 181 cm³/mol. The van der Waals surface area contributed by atoms with E-state index in [-0.39, 0.29) is 25.2 Å². The molecule has 0 saturated carbocycles. The minimum atomic E-state index is -2.57. The minimum absolute atomic E-state index is 0.0532.